The number of benzene rings is 1. The van der Waals surface area contributed by atoms with Crippen LogP contribution in [-0.4, -0.2) is 11.4 Å². The number of allylic oxidation sites excluding steroid dienone is 3. The van der Waals surface area contributed by atoms with Crippen LogP contribution >= 0.6 is 15.9 Å². The Balaban J connectivity index is 2.46. The molecule has 0 atom stereocenters. The van der Waals surface area contributed by atoms with Crippen molar-refractivity contribution in [2.24, 2.45) is 0 Å². The number of rotatable bonds is 2. The van der Waals surface area contributed by atoms with Crippen LogP contribution in [0.15, 0.2) is 58.7 Å². The van der Waals surface area contributed by atoms with Gasteiger partial charge in [0.1, 0.15) is 0 Å². The normalized spacial score (nSPS) is 14.9. The lowest BCUT2D eigenvalue weighted by Gasteiger charge is -2.30. The van der Waals surface area contributed by atoms with E-state index in [1.807, 2.05) is 18.2 Å². The predicted molar refractivity (Wildman–Crippen MR) is 80.6 cm³/mol. The summed E-state index contributed by atoms with van der Waals surface area (Å²) in [5.41, 5.74) is 4.03. The molecule has 1 aliphatic rings. The van der Waals surface area contributed by atoms with Gasteiger partial charge in [0.05, 0.1) is 0 Å². The third-order valence-electron chi connectivity index (χ3n) is 2.95. The van der Waals surface area contributed by atoms with Crippen LogP contribution in [0.4, 0.5) is 0 Å². The van der Waals surface area contributed by atoms with E-state index < -0.39 is 0 Å². The van der Waals surface area contributed by atoms with Crippen molar-refractivity contribution in [2.75, 3.05) is 6.54 Å². The summed E-state index contributed by atoms with van der Waals surface area (Å²) in [6.07, 6.45) is 9.48. The van der Waals surface area contributed by atoms with Crippen molar-refractivity contribution in [3.8, 4) is 12.3 Å². The van der Waals surface area contributed by atoms with Gasteiger partial charge in [-0.25, -0.2) is 0 Å². The smallest absolute Gasteiger partial charge is 0.0496 e. The highest BCUT2D eigenvalue weighted by Gasteiger charge is 2.18. The number of halogens is 1. The van der Waals surface area contributed by atoms with E-state index in [9.17, 15) is 0 Å². The van der Waals surface area contributed by atoms with Gasteiger partial charge in [-0.2, -0.15) is 0 Å². The first-order chi connectivity index (χ1) is 8.67. The fourth-order valence-corrected chi connectivity index (χ4v) is 2.27. The standard InChI is InChI=1S/C16H14BrN/c1-4-13-8-11-16(18(5-2)12(13)3)14-6-9-15(17)10-7-14/h1,6-11H,3,5H2,2H3. The first kappa shape index (κ1) is 12.7. The summed E-state index contributed by atoms with van der Waals surface area (Å²) in [7, 11) is 0. The molecule has 0 saturated carbocycles. The third-order valence-corrected chi connectivity index (χ3v) is 3.48. The molecule has 90 valence electrons. The van der Waals surface area contributed by atoms with Crippen molar-refractivity contribution < 1.29 is 0 Å². The van der Waals surface area contributed by atoms with Gasteiger partial charge < -0.3 is 4.90 Å². The van der Waals surface area contributed by atoms with Crippen LogP contribution < -0.4 is 0 Å². The minimum absolute atomic E-state index is 0.845. The van der Waals surface area contributed by atoms with Gasteiger partial charge in [0, 0.05) is 28.0 Å². The summed E-state index contributed by atoms with van der Waals surface area (Å²) < 4.78 is 1.07. The summed E-state index contributed by atoms with van der Waals surface area (Å²) in [5, 5.41) is 0. The van der Waals surface area contributed by atoms with E-state index >= 15 is 0 Å². The summed E-state index contributed by atoms with van der Waals surface area (Å²) in [6.45, 7) is 7.02. The van der Waals surface area contributed by atoms with Gasteiger partial charge in [-0.05, 0) is 36.8 Å². The quantitative estimate of drug-likeness (QED) is 0.740. The molecule has 0 unspecified atom stereocenters. The lowest BCUT2D eigenvalue weighted by Crippen LogP contribution is -2.23. The molecule has 1 nitrogen and oxygen atoms in total. The zero-order chi connectivity index (χ0) is 13.1. The van der Waals surface area contributed by atoms with Gasteiger partial charge in [0.15, 0.2) is 0 Å². The van der Waals surface area contributed by atoms with Crippen LogP contribution in [0.5, 0.6) is 0 Å². The highest BCUT2D eigenvalue weighted by atomic mass is 79.9. The average molecular weight is 300 g/mol. The van der Waals surface area contributed by atoms with E-state index in [1.165, 1.54) is 0 Å². The summed E-state index contributed by atoms with van der Waals surface area (Å²) in [6, 6.07) is 8.24. The Kier molecular flexibility index (Phi) is 3.74. The van der Waals surface area contributed by atoms with E-state index in [4.69, 9.17) is 6.42 Å². The van der Waals surface area contributed by atoms with Gasteiger partial charge in [-0.15, -0.1) is 6.42 Å². The molecule has 0 amide bonds. The van der Waals surface area contributed by atoms with E-state index in [-0.39, 0.29) is 0 Å². The monoisotopic (exact) mass is 299 g/mol. The number of hydrogen-bond acceptors (Lipinski definition) is 1. The summed E-state index contributed by atoms with van der Waals surface area (Å²) in [5.74, 6) is 2.67. The summed E-state index contributed by atoms with van der Waals surface area (Å²) >= 11 is 3.45. The number of hydrogen-bond donors (Lipinski definition) is 0. The van der Waals surface area contributed by atoms with E-state index in [2.05, 4.69) is 58.5 Å². The Labute approximate surface area is 117 Å². The Morgan fingerprint density at radius 1 is 1.28 bits per heavy atom. The SMILES string of the molecule is C#CC1=CC=C(c2ccc(Br)cc2)N(CC)C1=C. The topological polar surface area (TPSA) is 3.24 Å². The minimum Gasteiger partial charge on any atom is -0.341 e. The van der Waals surface area contributed by atoms with E-state index in [0.29, 0.717) is 0 Å². The molecule has 0 spiro atoms. The molecule has 1 aliphatic heterocycles. The molecule has 0 aromatic heterocycles. The van der Waals surface area contributed by atoms with E-state index in [0.717, 1.165) is 33.5 Å². The molecule has 1 aromatic rings. The zero-order valence-corrected chi connectivity index (χ0v) is 11.9. The fraction of sp³-hybridized carbons (Fsp3) is 0.125. The maximum Gasteiger partial charge on any atom is 0.0496 e. The predicted octanol–water partition coefficient (Wildman–Crippen LogP) is 4.20. The van der Waals surface area contributed by atoms with Gasteiger partial charge in [0.2, 0.25) is 0 Å². The van der Waals surface area contributed by atoms with Crippen molar-refractivity contribution in [2.45, 2.75) is 6.92 Å². The molecule has 1 heterocycles. The first-order valence-corrected chi connectivity index (χ1v) is 6.58. The molecule has 1 aromatic carbocycles. The minimum atomic E-state index is 0.845. The Hall–Kier alpha value is -1.72. The summed E-state index contributed by atoms with van der Waals surface area (Å²) in [4.78, 5) is 2.14. The fourth-order valence-electron chi connectivity index (χ4n) is 2.00. The van der Waals surface area contributed by atoms with Crippen LogP contribution in [-0.2, 0) is 0 Å². The Morgan fingerprint density at radius 2 is 1.94 bits per heavy atom. The van der Waals surface area contributed by atoms with Gasteiger partial charge in [-0.3, -0.25) is 0 Å². The Bertz CT molecular complexity index is 570. The lowest BCUT2D eigenvalue weighted by atomic mass is 10.0. The molecule has 18 heavy (non-hydrogen) atoms. The average Bonchev–Trinajstić information content (AvgIpc) is 2.39. The number of terminal acetylenes is 1. The highest BCUT2D eigenvalue weighted by molar-refractivity contribution is 9.10. The van der Waals surface area contributed by atoms with Crippen molar-refractivity contribution in [3.05, 3.63) is 64.3 Å². The lowest BCUT2D eigenvalue weighted by molar-refractivity contribution is 0.526. The first-order valence-electron chi connectivity index (χ1n) is 5.78. The molecule has 0 radical (unpaired) electrons. The second-order valence-electron chi connectivity index (χ2n) is 3.97. The highest BCUT2D eigenvalue weighted by Crippen LogP contribution is 2.30. The van der Waals surface area contributed by atoms with Crippen LogP contribution in [0.2, 0.25) is 0 Å². The van der Waals surface area contributed by atoms with Crippen LogP contribution in [0.25, 0.3) is 5.70 Å². The maximum absolute atomic E-state index is 5.47. The largest absolute Gasteiger partial charge is 0.341 e. The molecular weight excluding hydrogens is 286 g/mol. The van der Waals surface area contributed by atoms with Crippen molar-refractivity contribution >= 4 is 21.6 Å². The van der Waals surface area contributed by atoms with Crippen LogP contribution in [0, 0.1) is 12.3 Å². The molecule has 2 heteroatoms. The van der Waals surface area contributed by atoms with Gasteiger partial charge >= 0.3 is 0 Å². The van der Waals surface area contributed by atoms with Crippen LogP contribution in [0.1, 0.15) is 12.5 Å². The third kappa shape index (κ3) is 2.27. The second-order valence-corrected chi connectivity index (χ2v) is 4.89. The van der Waals surface area contributed by atoms with Crippen molar-refractivity contribution in [1.29, 1.82) is 0 Å². The van der Waals surface area contributed by atoms with E-state index in [1.54, 1.807) is 0 Å². The second kappa shape index (κ2) is 5.29. The Morgan fingerprint density at radius 3 is 2.50 bits per heavy atom. The van der Waals surface area contributed by atoms with Crippen molar-refractivity contribution in [3.63, 3.8) is 0 Å². The molecule has 0 N–H and O–H groups in total. The molecule has 0 aliphatic carbocycles. The maximum atomic E-state index is 5.47. The zero-order valence-electron chi connectivity index (χ0n) is 10.3. The molecule has 2 rings (SSSR count). The van der Waals surface area contributed by atoms with Gasteiger partial charge in [-0.1, -0.05) is 40.6 Å². The molecular formula is C16H14BrN. The van der Waals surface area contributed by atoms with Crippen LogP contribution in [0.3, 0.4) is 0 Å². The van der Waals surface area contributed by atoms with Crippen molar-refractivity contribution in [1.82, 2.24) is 4.90 Å². The number of nitrogens with zero attached hydrogens (tertiary/aromatic N) is 1. The van der Waals surface area contributed by atoms with Gasteiger partial charge in [0.25, 0.3) is 0 Å². The number of likely N-dealkylation sites (N-methyl/N-ethyl adjacent to an activating group) is 1. The molecule has 0 bridgehead atoms. The molecule has 0 saturated heterocycles. The molecule has 0 fully saturated rings.